The molecule has 1 aliphatic rings. The molecule has 0 spiro atoms. The zero-order valence-corrected chi connectivity index (χ0v) is 13.7. The van der Waals surface area contributed by atoms with Gasteiger partial charge in [-0.1, -0.05) is 19.3 Å². The van der Waals surface area contributed by atoms with Crippen LogP contribution >= 0.6 is 0 Å². The average molecular weight is 341 g/mol. The summed E-state index contributed by atoms with van der Waals surface area (Å²) >= 11 is 0. The van der Waals surface area contributed by atoms with Gasteiger partial charge in [0.1, 0.15) is 4.90 Å². The molecule has 0 N–H and O–H groups in total. The average Bonchev–Trinajstić information content (AvgIpc) is 2.52. The van der Waals surface area contributed by atoms with Crippen LogP contribution in [0, 0.1) is 16.0 Å². The molecule has 0 amide bonds. The maximum atomic E-state index is 12.0. The number of nitro benzene ring substituents is 1. The fraction of sp³-hybridized carbons (Fsp3) is 0.533. The molecule has 23 heavy (non-hydrogen) atoms. The van der Waals surface area contributed by atoms with Crippen molar-refractivity contribution in [2.45, 2.75) is 37.0 Å². The van der Waals surface area contributed by atoms with Crippen LogP contribution in [0.3, 0.4) is 0 Å². The second-order valence-electron chi connectivity index (χ2n) is 5.81. The Kier molecular flexibility index (Phi) is 5.35. The minimum Gasteiger partial charge on any atom is -0.462 e. The van der Waals surface area contributed by atoms with Crippen LogP contribution in [0.1, 0.15) is 42.5 Å². The lowest BCUT2D eigenvalue weighted by Crippen LogP contribution is -2.17. The maximum absolute atomic E-state index is 12.0. The number of sulfone groups is 1. The number of hydrogen-bond donors (Lipinski definition) is 0. The molecular formula is C15H19NO6S. The number of benzene rings is 1. The van der Waals surface area contributed by atoms with E-state index in [0.29, 0.717) is 12.5 Å². The van der Waals surface area contributed by atoms with E-state index in [-0.39, 0.29) is 5.56 Å². The molecule has 0 unspecified atom stereocenters. The Morgan fingerprint density at radius 1 is 1.30 bits per heavy atom. The summed E-state index contributed by atoms with van der Waals surface area (Å²) in [6, 6.07) is 3.27. The van der Waals surface area contributed by atoms with Gasteiger partial charge in [-0.25, -0.2) is 13.2 Å². The monoisotopic (exact) mass is 341 g/mol. The van der Waals surface area contributed by atoms with E-state index >= 15 is 0 Å². The van der Waals surface area contributed by atoms with Crippen molar-refractivity contribution in [2.24, 2.45) is 5.92 Å². The first kappa shape index (κ1) is 17.4. The van der Waals surface area contributed by atoms with Crippen LogP contribution in [-0.2, 0) is 14.6 Å². The Balaban J connectivity index is 2.14. The number of hydrogen-bond acceptors (Lipinski definition) is 6. The van der Waals surface area contributed by atoms with Gasteiger partial charge in [-0.2, -0.15) is 0 Å². The van der Waals surface area contributed by atoms with Gasteiger partial charge in [-0.15, -0.1) is 0 Å². The van der Waals surface area contributed by atoms with Crippen molar-refractivity contribution in [3.05, 3.63) is 33.9 Å². The quantitative estimate of drug-likeness (QED) is 0.463. The maximum Gasteiger partial charge on any atom is 0.338 e. The zero-order chi connectivity index (χ0) is 17.0. The largest absolute Gasteiger partial charge is 0.462 e. The van der Waals surface area contributed by atoms with Gasteiger partial charge in [0, 0.05) is 12.3 Å². The highest BCUT2D eigenvalue weighted by atomic mass is 32.2. The van der Waals surface area contributed by atoms with Gasteiger partial charge in [0.25, 0.3) is 5.69 Å². The topological polar surface area (TPSA) is 104 Å². The predicted molar refractivity (Wildman–Crippen MR) is 83.1 cm³/mol. The van der Waals surface area contributed by atoms with E-state index in [1.165, 1.54) is 12.5 Å². The molecule has 1 saturated carbocycles. The Hall–Kier alpha value is -1.96. The van der Waals surface area contributed by atoms with Gasteiger partial charge in [0.15, 0.2) is 9.84 Å². The highest BCUT2D eigenvalue weighted by molar-refractivity contribution is 7.90. The number of esters is 1. The van der Waals surface area contributed by atoms with Crippen LogP contribution < -0.4 is 0 Å². The molecule has 7 nitrogen and oxygen atoms in total. The minimum atomic E-state index is -3.74. The van der Waals surface area contributed by atoms with Gasteiger partial charge >= 0.3 is 5.97 Å². The Morgan fingerprint density at radius 3 is 2.52 bits per heavy atom. The summed E-state index contributed by atoms with van der Waals surface area (Å²) in [5.41, 5.74) is -0.625. The fourth-order valence-electron chi connectivity index (χ4n) is 2.73. The van der Waals surface area contributed by atoms with Crippen molar-refractivity contribution in [3.63, 3.8) is 0 Å². The molecule has 0 aliphatic heterocycles. The summed E-state index contributed by atoms with van der Waals surface area (Å²) in [6.07, 6.45) is 6.36. The standard InChI is InChI=1S/C15H19NO6S/c1-23(20,21)14-8-7-12(9-13(14)16(18)19)15(17)22-10-11-5-3-2-4-6-11/h7-9,11H,2-6,10H2,1H3. The van der Waals surface area contributed by atoms with E-state index in [9.17, 15) is 23.3 Å². The highest BCUT2D eigenvalue weighted by Crippen LogP contribution is 2.26. The third kappa shape index (κ3) is 4.51. The third-order valence-corrected chi connectivity index (χ3v) is 5.11. The molecule has 0 heterocycles. The van der Waals surface area contributed by atoms with E-state index in [0.717, 1.165) is 44.1 Å². The summed E-state index contributed by atoms with van der Waals surface area (Å²) in [7, 11) is -3.74. The number of carbonyl (C=O) groups excluding carboxylic acids is 1. The van der Waals surface area contributed by atoms with Crippen molar-refractivity contribution in [2.75, 3.05) is 12.9 Å². The van der Waals surface area contributed by atoms with Crippen molar-refractivity contribution >= 4 is 21.5 Å². The Bertz CT molecular complexity index is 707. The first-order valence-corrected chi connectivity index (χ1v) is 9.34. The van der Waals surface area contributed by atoms with Gasteiger partial charge in [-0.3, -0.25) is 10.1 Å². The summed E-state index contributed by atoms with van der Waals surface area (Å²) < 4.78 is 28.3. The van der Waals surface area contributed by atoms with Crippen molar-refractivity contribution in [1.29, 1.82) is 0 Å². The van der Waals surface area contributed by atoms with Gasteiger partial charge in [0.05, 0.1) is 17.1 Å². The number of rotatable bonds is 5. The molecule has 1 fully saturated rings. The van der Waals surface area contributed by atoms with Crippen molar-refractivity contribution in [3.8, 4) is 0 Å². The number of nitrogens with zero attached hydrogens (tertiary/aromatic N) is 1. The van der Waals surface area contributed by atoms with E-state index in [1.807, 2.05) is 0 Å². The summed E-state index contributed by atoms with van der Waals surface area (Å²) in [5.74, 6) is -0.336. The lowest BCUT2D eigenvalue weighted by molar-refractivity contribution is -0.387. The molecule has 0 saturated heterocycles. The molecule has 2 rings (SSSR count). The predicted octanol–water partition coefficient (Wildman–Crippen LogP) is 2.74. The number of carbonyl (C=O) groups is 1. The third-order valence-electron chi connectivity index (χ3n) is 3.97. The minimum absolute atomic E-state index is 0.0140. The molecular weight excluding hydrogens is 322 g/mol. The van der Waals surface area contributed by atoms with Crippen LogP contribution in [0.4, 0.5) is 5.69 Å². The summed E-state index contributed by atoms with van der Waals surface area (Å²) in [4.78, 5) is 21.8. The smallest absolute Gasteiger partial charge is 0.338 e. The molecule has 8 heteroatoms. The lowest BCUT2D eigenvalue weighted by atomic mass is 9.90. The summed E-state index contributed by atoms with van der Waals surface area (Å²) in [6.45, 7) is 0.292. The first-order valence-electron chi connectivity index (χ1n) is 7.44. The lowest BCUT2D eigenvalue weighted by Gasteiger charge is -2.21. The van der Waals surface area contributed by atoms with Crippen LogP contribution in [-0.4, -0.2) is 32.2 Å². The number of ether oxygens (including phenoxy) is 1. The fourth-order valence-corrected chi connectivity index (χ4v) is 3.56. The van der Waals surface area contributed by atoms with E-state index in [2.05, 4.69) is 0 Å². The van der Waals surface area contributed by atoms with E-state index < -0.39 is 31.3 Å². The molecule has 1 aromatic carbocycles. The normalized spacial score (nSPS) is 16.0. The zero-order valence-electron chi connectivity index (χ0n) is 12.9. The molecule has 0 radical (unpaired) electrons. The van der Waals surface area contributed by atoms with E-state index in [4.69, 9.17) is 4.74 Å². The van der Waals surface area contributed by atoms with Gasteiger partial charge in [-0.05, 0) is 30.9 Å². The number of nitro groups is 1. The van der Waals surface area contributed by atoms with Gasteiger partial charge < -0.3 is 4.74 Å². The highest BCUT2D eigenvalue weighted by Gasteiger charge is 2.25. The Labute approximate surface area is 134 Å². The summed E-state index contributed by atoms with van der Waals surface area (Å²) in [5, 5.41) is 11.0. The van der Waals surface area contributed by atoms with Crippen LogP contribution in [0.15, 0.2) is 23.1 Å². The van der Waals surface area contributed by atoms with E-state index in [1.54, 1.807) is 0 Å². The first-order chi connectivity index (χ1) is 10.8. The molecule has 0 bridgehead atoms. The van der Waals surface area contributed by atoms with Crippen LogP contribution in [0.2, 0.25) is 0 Å². The molecule has 1 aliphatic carbocycles. The Morgan fingerprint density at radius 2 is 1.96 bits per heavy atom. The van der Waals surface area contributed by atoms with Crippen LogP contribution in [0.25, 0.3) is 0 Å². The van der Waals surface area contributed by atoms with Crippen LogP contribution in [0.5, 0.6) is 0 Å². The second kappa shape index (κ2) is 7.08. The SMILES string of the molecule is CS(=O)(=O)c1ccc(C(=O)OCC2CCCCC2)cc1[N+](=O)[O-]. The second-order valence-corrected chi connectivity index (χ2v) is 7.80. The molecule has 1 aromatic rings. The van der Waals surface area contributed by atoms with Crippen molar-refractivity contribution in [1.82, 2.24) is 0 Å². The van der Waals surface area contributed by atoms with Crippen molar-refractivity contribution < 1.29 is 22.9 Å². The molecule has 0 atom stereocenters. The molecule has 0 aromatic heterocycles. The molecule has 126 valence electrons. The van der Waals surface area contributed by atoms with Gasteiger partial charge in [0.2, 0.25) is 0 Å².